The van der Waals surface area contributed by atoms with Gasteiger partial charge >= 0.3 is 0 Å². The van der Waals surface area contributed by atoms with Crippen molar-refractivity contribution in [1.82, 2.24) is 4.89 Å². The fourth-order valence-corrected chi connectivity index (χ4v) is 1.68. The van der Waals surface area contributed by atoms with E-state index in [-0.39, 0.29) is 5.75 Å². The third kappa shape index (κ3) is 6.28. The second kappa shape index (κ2) is 4.69. The van der Waals surface area contributed by atoms with Crippen molar-refractivity contribution in [3.05, 3.63) is 0 Å². The van der Waals surface area contributed by atoms with E-state index < -0.39 is 10.0 Å². The van der Waals surface area contributed by atoms with Crippen LogP contribution in [0.1, 0.15) is 20.3 Å². The molecule has 0 aromatic rings. The molecule has 0 aliphatic carbocycles. The second-order valence-electron chi connectivity index (χ2n) is 2.79. The molecule has 5 heteroatoms. The van der Waals surface area contributed by atoms with Crippen LogP contribution in [0.15, 0.2) is 0 Å². The summed E-state index contributed by atoms with van der Waals surface area (Å²) < 4.78 is 21.8. The summed E-state index contributed by atoms with van der Waals surface area (Å²) in [4.78, 5) is 6.25. The molecule has 0 spiro atoms. The molecule has 0 aromatic heterocycles. The summed E-state index contributed by atoms with van der Waals surface area (Å²) in [7, 11) is -1.91. The van der Waals surface area contributed by atoms with Crippen molar-refractivity contribution < 1.29 is 13.3 Å². The van der Waals surface area contributed by atoms with Gasteiger partial charge in [0.05, 0.1) is 12.9 Å². The maximum Gasteiger partial charge on any atom is 0.233 e. The Labute approximate surface area is 67.9 Å². The molecule has 0 saturated heterocycles. The molecule has 0 fully saturated rings. The molecule has 0 radical (unpaired) electrons. The highest BCUT2D eigenvalue weighted by atomic mass is 32.2. The van der Waals surface area contributed by atoms with E-state index in [9.17, 15) is 8.42 Å². The van der Waals surface area contributed by atoms with E-state index in [1.54, 1.807) is 0 Å². The lowest BCUT2D eigenvalue weighted by molar-refractivity contribution is 0.153. The first kappa shape index (κ1) is 10.9. The first-order chi connectivity index (χ1) is 4.98. The van der Waals surface area contributed by atoms with Crippen LogP contribution in [-0.4, -0.2) is 21.3 Å². The van der Waals surface area contributed by atoms with Gasteiger partial charge < -0.3 is 0 Å². The van der Waals surface area contributed by atoms with Gasteiger partial charge in [-0.3, -0.25) is 4.84 Å². The smallest absolute Gasteiger partial charge is 0.233 e. The summed E-state index contributed by atoms with van der Waals surface area (Å²) in [6.45, 7) is 3.95. The Bertz CT molecular complexity index is 186. The molecule has 0 bridgehead atoms. The van der Waals surface area contributed by atoms with Gasteiger partial charge in [0.2, 0.25) is 10.0 Å². The largest absolute Gasteiger partial charge is 0.290 e. The quantitative estimate of drug-likeness (QED) is 0.629. The zero-order valence-corrected chi connectivity index (χ0v) is 7.94. The highest BCUT2D eigenvalue weighted by molar-refractivity contribution is 7.89. The summed E-state index contributed by atoms with van der Waals surface area (Å²) >= 11 is 0. The number of sulfonamides is 1. The van der Waals surface area contributed by atoms with Gasteiger partial charge in [0.15, 0.2) is 0 Å². The molecule has 0 heterocycles. The molecule has 11 heavy (non-hydrogen) atoms. The molecule has 0 atom stereocenters. The van der Waals surface area contributed by atoms with Gasteiger partial charge in [0, 0.05) is 0 Å². The van der Waals surface area contributed by atoms with Gasteiger partial charge in [0.25, 0.3) is 0 Å². The predicted octanol–water partition coefficient (Wildman–Crippen LogP) is 0.513. The van der Waals surface area contributed by atoms with Crippen molar-refractivity contribution in [2.24, 2.45) is 5.92 Å². The van der Waals surface area contributed by atoms with Gasteiger partial charge in [-0.05, 0) is 12.3 Å². The minimum atomic E-state index is -3.20. The third-order valence-electron chi connectivity index (χ3n) is 1.17. The van der Waals surface area contributed by atoms with E-state index in [2.05, 4.69) is 4.84 Å². The lowest BCUT2D eigenvalue weighted by atomic mass is 10.2. The first-order valence-corrected chi connectivity index (χ1v) is 5.15. The Morgan fingerprint density at radius 3 is 2.36 bits per heavy atom. The zero-order chi connectivity index (χ0) is 8.91. The number of hydrogen-bond acceptors (Lipinski definition) is 3. The maximum atomic E-state index is 10.9. The SMILES string of the molecule is CONS(=O)(=O)CCC(C)C. The van der Waals surface area contributed by atoms with Crippen LogP contribution in [0.5, 0.6) is 0 Å². The fourth-order valence-electron chi connectivity index (χ4n) is 0.559. The minimum Gasteiger partial charge on any atom is -0.290 e. The zero-order valence-electron chi connectivity index (χ0n) is 7.12. The van der Waals surface area contributed by atoms with Crippen LogP contribution in [0.4, 0.5) is 0 Å². The molecule has 0 aliphatic rings. The Hall–Kier alpha value is -0.130. The minimum absolute atomic E-state index is 0.124. The van der Waals surface area contributed by atoms with E-state index >= 15 is 0 Å². The lowest BCUT2D eigenvalue weighted by Crippen LogP contribution is -2.25. The highest BCUT2D eigenvalue weighted by Crippen LogP contribution is 2.01. The molecule has 0 amide bonds. The summed E-state index contributed by atoms with van der Waals surface area (Å²) in [6.07, 6.45) is 0.651. The fraction of sp³-hybridized carbons (Fsp3) is 1.00. The van der Waals surface area contributed by atoms with Gasteiger partial charge in [-0.1, -0.05) is 18.7 Å². The van der Waals surface area contributed by atoms with Crippen LogP contribution < -0.4 is 4.89 Å². The molecular formula is C6H15NO3S. The van der Waals surface area contributed by atoms with Crippen LogP contribution in [-0.2, 0) is 14.9 Å². The average molecular weight is 181 g/mol. The van der Waals surface area contributed by atoms with Crippen molar-refractivity contribution in [2.75, 3.05) is 12.9 Å². The van der Waals surface area contributed by atoms with Crippen molar-refractivity contribution in [3.8, 4) is 0 Å². The summed E-state index contributed by atoms with van der Waals surface area (Å²) in [5.41, 5.74) is 0. The maximum absolute atomic E-state index is 10.9. The van der Waals surface area contributed by atoms with Crippen molar-refractivity contribution >= 4 is 10.0 Å². The topological polar surface area (TPSA) is 55.4 Å². The molecule has 0 rings (SSSR count). The molecule has 0 saturated carbocycles. The van der Waals surface area contributed by atoms with E-state index in [0.717, 1.165) is 0 Å². The monoisotopic (exact) mass is 181 g/mol. The van der Waals surface area contributed by atoms with Crippen molar-refractivity contribution in [2.45, 2.75) is 20.3 Å². The van der Waals surface area contributed by atoms with Crippen LogP contribution in [0.2, 0.25) is 0 Å². The Morgan fingerprint density at radius 1 is 1.45 bits per heavy atom. The van der Waals surface area contributed by atoms with Gasteiger partial charge in [-0.2, -0.15) is 0 Å². The Morgan fingerprint density at radius 2 is 2.00 bits per heavy atom. The van der Waals surface area contributed by atoms with Crippen LogP contribution in [0.3, 0.4) is 0 Å². The molecule has 0 aliphatic heterocycles. The van der Waals surface area contributed by atoms with Crippen LogP contribution in [0.25, 0.3) is 0 Å². The van der Waals surface area contributed by atoms with E-state index in [4.69, 9.17) is 0 Å². The van der Waals surface area contributed by atoms with Crippen LogP contribution >= 0.6 is 0 Å². The van der Waals surface area contributed by atoms with Gasteiger partial charge in [0.1, 0.15) is 0 Å². The second-order valence-corrected chi connectivity index (χ2v) is 4.59. The third-order valence-corrected chi connectivity index (χ3v) is 2.37. The summed E-state index contributed by atoms with van der Waals surface area (Å²) in [5, 5.41) is 0. The summed E-state index contributed by atoms with van der Waals surface area (Å²) in [6, 6.07) is 0. The number of rotatable bonds is 5. The Balaban J connectivity index is 3.74. The van der Waals surface area contributed by atoms with Crippen molar-refractivity contribution in [3.63, 3.8) is 0 Å². The van der Waals surface area contributed by atoms with Crippen molar-refractivity contribution in [1.29, 1.82) is 0 Å². The van der Waals surface area contributed by atoms with Gasteiger partial charge in [-0.25, -0.2) is 8.42 Å². The van der Waals surface area contributed by atoms with E-state index in [1.165, 1.54) is 7.11 Å². The van der Waals surface area contributed by atoms with Gasteiger partial charge in [-0.15, -0.1) is 0 Å². The molecule has 4 nitrogen and oxygen atoms in total. The normalized spacial score (nSPS) is 12.4. The highest BCUT2D eigenvalue weighted by Gasteiger charge is 2.09. The lowest BCUT2D eigenvalue weighted by Gasteiger charge is -2.05. The molecular weight excluding hydrogens is 166 g/mol. The summed E-state index contributed by atoms with van der Waals surface area (Å²) in [5.74, 6) is 0.516. The molecule has 1 N–H and O–H groups in total. The number of nitrogens with one attached hydrogen (secondary N) is 1. The van der Waals surface area contributed by atoms with E-state index in [1.807, 2.05) is 18.7 Å². The Kier molecular flexibility index (Phi) is 4.63. The van der Waals surface area contributed by atoms with E-state index in [0.29, 0.717) is 12.3 Å². The average Bonchev–Trinajstić information content (AvgIpc) is 1.84. The predicted molar refractivity (Wildman–Crippen MR) is 43.4 cm³/mol. The standard InChI is InChI=1S/C6H15NO3S/c1-6(2)4-5-11(8,9)7-10-3/h6-7H,4-5H2,1-3H3. The molecule has 0 unspecified atom stereocenters. The first-order valence-electron chi connectivity index (χ1n) is 3.50. The van der Waals surface area contributed by atoms with Crippen LogP contribution in [0, 0.1) is 5.92 Å². The number of hydrogen-bond donors (Lipinski definition) is 1. The molecule has 68 valence electrons. The molecule has 0 aromatic carbocycles.